The molecule has 4 nitrogen and oxygen atoms in total. The molecule has 2 aromatic rings. The number of carboxylic acid groups (broad SMARTS) is 1. The summed E-state index contributed by atoms with van der Waals surface area (Å²) in [7, 11) is 0. The van der Waals surface area contributed by atoms with Gasteiger partial charge in [0.1, 0.15) is 16.4 Å². The number of rotatable bonds is 4. The van der Waals surface area contributed by atoms with Crippen molar-refractivity contribution in [3.05, 3.63) is 40.5 Å². The van der Waals surface area contributed by atoms with Crippen molar-refractivity contribution in [1.29, 1.82) is 0 Å². The summed E-state index contributed by atoms with van der Waals surface area (Å²) < 4.78 is 0. The Hall–Kier alpha value is -1.81. The zero-order valence-electron chi connectivity index (χ0n) is 10.8. The minimum atomic E-state index is -1.08. The molecule has 19 heavy (non-hydrogen) atoms. The summed E-state index contributed by atoms with van der Waals surface area (Å²) in [5, 5.41) is 15.6. The van der Waals surface area contributed by atoms with Crippen molar-refractivity contribution in [1.82, 2.24) is 10.2 Å². The average Bonchev–Trinajstić information content (AvgIpc) is 2.80. The standard InChI is InChI=1S/C14H15ClN2O2/c1-3-8(2)9-4-6-10(7-5-9)12-11(14(18)19)13(15)17-16-12/h4-8H,3H2,1-2H3,(H,16,17)(H,18,19). The van der Waals surface area contributed by atoms with Crippen molar-refractivity contribution < 1.29 is 9.90 Å². The molecule has 0 aliphatic rings. The summed E-state index contributed by atoms with van der Waals surface area (Å²) in [6.07, 6.45) is 1.06. The van der Waals surface area contributed by atoms with Crippen LogP contribution in [0.15, 0.2) is 24.3 Å². The molecule has 1 atom stereocenters. The molecular weight excluding hydrogens is 264 g/mol. The lowest BCUT2D eigenvalue weighted by Gasteiger charge is -2.09. The molecule has 0 spiro atoms. The van der Waals surface area contributed by atoms with E-state index in [0.29, 0.717) is 11.6 Å². The largest absolute Gasteiger partial charge is 0.478 e. The van der Waals surface area contributed by atoms with Gasteiger partial charge in [0, 0.05) is 5.56 Å². The third kappa shape index (κ3) is 2.63. The van der Waals surface area contributed by atoms with Gasteiger partial charge in [-0.1, -0.05) is 49.7 Å². The highest BCUT2D eigenvalue weighted by Gasteiger charge is 2.19. The number of benzene rings is 1. The van der Waals surface area contributed by atoms with Gasteiger partial charge in [0.2, 0.25) is 0 Å². The van der Waals surface area contributed by atoms with Gasteiger partial charge in [0.25, 0.3) is 0 Å². The quantitative estimate of drug-likeness (QED) is 0.890. The summed E-state index contributed by atoms with van der Waals surface area (Å²) in [5.74, 6) is -0.601. The highest BCUT2D eigenvalue weighted by Crippen LogP contribution is 2.28. The van der Waals surface area contributed by atoms with Gasteiger partial charge >= 0.3 is 5.97 Å². The third-order valence-electron chi connectivity index (χ3n) is 3.30. The number of hydrogen-bond donors (Lipinski definition) is 2. The molecule has 100 valence electrons. The molecule has 0 aliphatic carbocycles. The van der Waals surface area contributed by atoms with E-state index in [1.165, 1.54) is 5.56 Å². The van der Waals surface area contributed by atoms with Gasteiger partial charge in [0.15, 0.2) is 0 Å². The zero-order chi connectivity index (χ0) is 14.0. The van der Waals surface area contributed by atoms with Gasteiger partial charge in [0.05, 0.1) is 0 Å². The topological polar surface area (TPSA) is 66.0 Å². The minimum absolute atomic E-state index is 0.0120. The summed E-state index contributed by atoms with van der Waals surface area (Å²) in [5.41, 5.74) is 2.35. The van der Waals surface area contributed by atoms with E-state index in [-0.39, 0.29) is 10.7 Å². The molecule has 0 aliphatic heterocycles. The molecule has 2 N–H and O–H groups in total. The van der Waals surface area contributed by atoms with Crippen LogP contribution in [-0.2, 0) is 0 Å². The lowest BCUT2D eigenvalue weighted by molar-refractivity contribution is 0.0698. The monoisotopic (exact) mass is 278 g/mol. The maximum atomic E-state index is 11.2. The number of carboxylic acids is 1. The van der Waals surface area contributed by atoms with Gasteiger partial charge in [-0.05, 0) is 17.9 Å². The van der Waals surface area contributed by atoms with Gasteiger partial charge in [-0.3, -0.25) is 5.10 Å². The number of halogens is 1. The number of hydrogen-bond acceptors (Lipinski definition) is 2. The van der Waals surface area contributed by atoms with E-state index >= 15 is 0 Å². The zero-order valence-corrected chi connectivity index (χ0v) is 11.5. The first-order valence-electron chi connectivity index (χ1n) is 6.12. The number of H-pyrrole nitrogens is 1. The van der Waals surface area contributed by atoms with E-state index in [4.69, 9.17) is 16.7 Å². The normalized spacial score (nSPS) is 12.4. The fraction of sp³-hybridized carbons (Fsp3) is 0.286. The average molecular weight is 279 g/mol. The smallest absolute Gasteiger partial charge is 0.341 e. The number of nitrogens with one attached hydrogen (secondary N) is 1. The van der Waals surface area contributed by atoms with Gasteiger partial charge in [-0.15, -0.1) is 0 Å². The minimum Gasteiger partial charge on any atom is -0.478 e. The van der Waals surface area contributed by atoms with E-state index < -0.39 is 5.97 Å². The van der Waals surface area contributed by atoms with E-state index in [1.807, 2.05) is 24.3 Å². The molecule has 0 bridgehead atoms. The first-order valence-corrected chi connectivity index (χ1v) is 6.49. The molecule has 1 heterocycles. The van der Waals surface area contributed by atoms with Crippen molar-refractivity contribution in [3.8, 4) is 11.3 Å². The Labute approximate surface area is 116 Å². The molecule has 0 radical (unpaired) electrons. The van der Waals surface area contributed by atoms with Crippen molar-refractivity contribution in [2.24, 2.45) is 0 Å². The number of aromatic amines is 1. The molecule has 1 aromatic heterocycles. The second-order valence-electron chi connectivity index (χ2n) is 4.50. The van der Waals surface area contributed by atoms with E-state index in [2.05, 4.69) is 24.0 Å². The predicted octanol–water partition coefficient (Wildman–Crippen LogP) is 3.94. The van der Waals surface area contributed by atoms with Crippen LogP contribution < -0.4 is 0 Å². The van der Waals surface area contributed by atoms with Gasteiger partial charge < -0.3 is 5.11 Å². The fourth-order valence-corrected chi connectivity index (χ4v) is 2.14. The van der Waals surface area contributed by atoms with Crippen LogP contribution in [0.5, 0.6) is 0 Å². The van der Waals surface area contributed by atoms with E-state index in [1.54, 1.807) is 0 Å². The molecule has 0 amide bonds. The predicted molar refractivity (Wildman–Crippen MR) is 74.7 cm³/mol. The highest BCUT2D eigenvalue weighted by atomic mass is 35.5. The summed E-state index contributed by atoms with van der Waals surface area (Å²) in [6, 6.07) is 7.75. The first kappa shape index (κ1) is 13.6. The maximum Gasteiger partial charge on any atom is 0.341 e. The summed E-state index contributed by atoms with van der Waals surface area (Å²) in [6.45, 7) is 4.29. The number of nitrogens with zero attached hydrogens (tertiary/aromatic N) is 1. The van der Waals surface area contributed by atoms with Crippen LogP contribution in [-0.4, -0.2) is 21.3 Å². The van der Waals surface area contributed by atoms with Crippen LogP contribution in [0.1, 0.15) is 42.1 Å². The Morgan fingerprint density at radius 1 is 1.42 bits per heavy atom. The molecule has 0 saturated heterocycles. The second-order valence-corrected chi connectivity index (χ2v) is 4.88. The Morgan fingerprint density at radius 2 is 2.05 bits per heavy atom. The highest BCUT2D eigenvalue weighted by molar-refractivity contribution is 6.33. The summed E-state index contributed by atoms with van der Waals surface area (Å²) in [4.78, 5) is 11.2. The molecular formula is C14H15ClN2O2. The van der Waals surface area contributed by atoms with Crippen molar-refractivity contribution >= 4 is 17.6 Å². The Bertz CT molecular complexity index is 590. The lowest BCUT2D eigenvalue weighted by atomic mass is 9.96. The van der Waals surface area contributed by atoms with Crippen molar-refractivity contribution in [2.45, 2.75) is 26.2 Å². The maximum absolute atomic E-state index is 11.2. The number of aromatic carboxylic acids is 1. The van der Waals surface area contributed by atoms with Crippen LogP contribution in [0.25, 0.3) is 11.3 Å². The number of aromatic nitrogens is 2. The van der Waals surface area contributed by atoms with Crippen molar-refractivity contribution in [2.75, 3.05) is 0 Å². The molecule has 0 fully saturated rings. The first-order chi connectivity index (χ1) is 9.04. The van der Waals surface area contributed by atoms with Crippen LogP contribution in [0, 0.1) is 0 Å². The molecule has 2 rings (SSSR count). The van der Waals surface area contributed by atoms with Crippen LogP contribution in [0.2, 0.25) is 5.15 Å². The lowest BCUT2D eigenvalue weighted by Crippen LogP contribution is -1.98. The Kier molecular flexibility index (Phi) is 3.90. The summed E-state index contributed by atoms with van der Waals surface area (Å²) >= 11 is 5.80. The van der Waals surface area contributed by atoms with Gasteiger partial charge in [-0.25, -0.2) is 4.79 Å². The number of carbonyl (C=O) groups is 1. The van der Waals surface area contributed by atoms with E-state index in [0.717, 1.165) is 12.0 Å². The Balaban J connectivity index is 2.40. The van der Waals surface area contributed by atoms with Crippen LogP contribution >= 0.6 is 11.6 Å². The second kappa shape index (κ2) is 5.45. The molecule has 5 heteroatoms. The van der Waals surface area contributed by atoms with Crippen molar-refractivity contribution in [3.63, 3.8) is 0 Å². The van der Waals surface area contributed by atoms with Gasteiger partial charge in [-0.2, -0.15) is 5.10 Å². The molecule has 0 saturated carbocycles. The van der Waals surface area contributed by atoms with E-state index in [9.17, 15) is 4.79 Å². The fourth-order valence-electron chi connectivity index (χ4n) is 1.93. The Morgan fingerprint density at radius 3 is 2.58 bits per heavy atom. The molecule has 1 aromatic carbocycles. The third-order valence-corrected chi connectivity index (χ3v) is 3.58. The van der Waals surface area contributed by atoms with Crippen LogP contribution in [0.4, 0.5) is 0 Å². The SMILES string of the molecule is CCC(C)c1ccc(-c2n[nH]c(Cl)c2C(=O)O)cc1. The molecule has 1 unspecified atom stereocenters. The van der Waals surface area contributed by atoms with Crippen LogP contribution in [0.3, 0.4) is 0 Å².